The van der Waals surface area contributed by atoms with Gasteiger partial charge >= 0.3 is 0 Å². The summed E-state index contributed by atoms with van der Waals surface area (Å²) in [5.41, 5.74) is 0. The molecule has 14 heavy (non-hydrogen) atoms. The Morgan fingerprint density at radius 3 is 2.86 bits per heavy atom. The minimum absolute atomic E-state index is 0.456. The molecule has 0 aromatic heterocycles. The average Bonchev–Trinajstić information content (AvgIpc) is 2.17. The largest absolute Gasteiger partial charge is 0.303 e. The molecule has 82 valence electrons. The van der Waals surface area contributed by atoms with E-state index in [9.17, 15) is 4.79 Å². The Kier molecular flexibility index (Phi) is 4.59. The third-order valence-corrected chi connectivity index (χ3v) is 3.38. The fourth-order valence-corrected chi connectivity index (χ4v) is 2.15. The van der Waals surface area contributed by atoms with Crippen molar-refractivity contribution < 1.29 is 4.79 Å². The number of Topliss-reactive ketones (excluding diaryl/α,β-unsaturated/α-hetero) is 1. The summed E-state index contributed by atoms with van der Waals surface area (Å²) in [5.74, 6) is 1.20. The van der Waals surface area contributed by atoms with Gasteiger partial charge in [-0.2, -0.15) is 0 Å². The molecular weight excluding hydrogens is 174 g/mol. The zero-order chi connectivity index (χ0) is 10.6. The quantitative estimate of drug-likeness (QED) is 0.690. The van der Waals surface area contributed by atoms with Crippen molar-refractivity contribution >= 4 is 5.78 Å². The van der Waals surface area contributed by atoms with Gasteiger partial charge < -0.3 is 4.90 Å². The van der Waals surface area contributed by atoms with Crippen LogP contribution >= 0.6 is 0 Å². The molecule has 1 aliphatic carbocycles. The zero-order valence-corrected chi connectivity index (χ0v) is 9.75. The van der Waals surface area contributed by atoms with E-state index in [-0.39, 0.29) is 0 Å². The molecule has 0 spiro atoms. The molecule has 0 aromatic carbocycles. The van der Waals surface area contributed by atoms with Gasteiger partial charge in [-0.15, -0.1) is 0 Å². The number of hydrogen-bond acceptors (Lipinski definition) is 2. The molecule has 1 fully saturated rings. The van der Waals surface area contributed by atoms with Crippen LogP contribution in [0.25, 0.3) is 0 Å². The second kappa shape index (κ2) is 5.50. The van der Waals surface area contributed by atoms with Gasteiger partial charge in [-0.3, -0.25) is 4.79 Å². The standard InChI is InChI=1S/C12H23NO/c1-4-10(2)9-13(3)11-6-5-7-12(14)8-11/h10-11H,4-9H2,1-3H3. The van der Waals surface area contributed by atoms with Crippen LogP contribution in [0.15, 0.2) is 0 Å². The van der Waals surface area contributed by atoms with Crippen molar-refractivity contribution in [3.63, 3.8) is 0 Å². The van der Waals surface area contributed by atoms with Crippen LogP contribution in [0.2, 0.25) is 0 Å². The normalized spacial score (nSPS) is 25.4. The molecule has 0 saturated heterocycles. The van der Waals surface area contributed by atoms with Crippen LogP contribution in [-0.2, 0) is 4.79 Å². The van der Waals surface area contributed by atoms with E-state index in [1.165, 1.54) is 12.8 Å². The molecule has 1 aliphatic rings. The maximum absolute atomic E-state index is 11.3. The molecule has 1 rings (SSSR count). The molecule has 2 nitrogen and oxygen atoms in total. The fourth-order valence-electron chi connectivity index (χ4n) is 2.15. The molecule has 0 amide bonds. The smallest absolute Gasteiger partial charge is 0.134 e. The van der Waals surface area contributed by atoms with E-state index in [1.54, 1.807) is 0 Å². The first-order chi connectivity index (χ1) is 6.63. The third-order valence-electron chi connectivity index (χ3n) is 3.38. The topological polar surface area (TPSA) is 20.3 Å². The Morgan fingerprint density at radius 2 is 2.29 bits per heavy atom. The minimum Gasteiger partial charge on any atom is -0.303 e. The van der Waals surface area contributed by atoms with Crippen molar-refractivity contribution in [3.8, 4) is 0 Å². The average molecular weight is 197 g/mol. The predicted molar refractivity (Wildman–Crippen MR) is 59.3 cm³/mol. The van der Waals surface area contributed by atoms with Crippen molar-refractivity contribution in [2.75, 3.05) is 13.6 Å². The summed E-state index contributed by atoms with van der Waals surface area (Å²) in [6.45, 7) is 5.64. The van der Waals surface area contributed by atoms with Gasteiger partial charge in [0, 0.05) is 25.4 Å². The molecular formula is C12H23NO. The lowest BCUT2D eigenvalue weighted by molar-refractivity contribution is -0.121. The van der Waals surface area contributed by atoms with Crippen LogP contribution in [0.1, 0.15) is 46.0 Å². The third kappa shape index (κ3) is 3.41. The maximum Gasteiger partial charge on any atom is 0.134 e. The summed E-state index contributed by atoms with van der Waals surface area (Å²) in [6, 6.07) is 0.519. The lowest BCUT2D eigenvalue weighted by Crippen LogP contribution is -2.38. The molecule has 0 N–H and O–H groups in total. The van der Waals surface area contributed by atoms with E-state index in [4.69, 9.17) is 0 Å². The Morgan fingerprint density at radius 1 is 1.57 bits per heavy atom. The SMILES string of the molecule is CCC(C)CN(C)C1CCCC(=O)C1. The van der Waals surface area contributed by atoms with Crippen molar-refractivity contribution in [1.82, 2.24) is 4.90 Å². The van der Waals surface area contributed by atoms with Gasteiger partial charge in [-0.25, -0.2) is 0 Å². The van der Waals surface area contributed by atoms with Gasteiger partial charge in [0.2, 0.25) is 0 Å². The maximum atomic E-state index is 11.3. The van der Waals surface area contributed by atoms with Crippen LogP contribution in [0, 0.1) is 5.92 Å². The van der Waals surface area contributed by atoms with E-state index in [1.807, 2.05) is 0 Å². The Bertz CT molecular complexity index is 191. The summed E-state index contributed by atoms with van der Waals surface area (Å²) in [7, 11) is 2.16. The van der Waals surface area contributed by atoms with Gasteiger partial charge in [0.05, 0.1) is 0 Å². The number of carbonyl (C=O) groups excluding carboxylic acids is 1. The summed E-state index contributed by atoms with van der Waals surface area (Å²) in [4.78, 5) is 13.7. The Labute approximate surface area is 87.7 Å². The van der Waals surface area contributed by atoms with E-state index in [0.717, 1.165) is 31.7 Å². The molecule has 2 heteroatoms. The van der Waals surface area contributed by atoms with Gasteiger partial charge in [0.1, 0.15) is 5.78 Å². The van der Waals surface area contributed by atoms with Gasteiger partial charge in [-0.1, -0.05) is 20.3 Å². The molecule has 0 bridgehead atoms. The van der Waals surface area contributed by atoms with E-state index >= 15 is 0 Å². The van der Waals surface area contributed by atoms with Crippen molar-refractivity contribution in [2.24, 2.45) is 5.92 Å². The van der Waals surface area contributed by atoms with Crippen molar-refractivity contribution in [1.29, 1.82) is 0 Å². The second-order valence-electron chi connectivity index (χ2n) is 4.74. The van der Waals surface area contributed by atoms with E-state index in [0.29, 0.717) is 11.8 Å². The van der Waals surface area contributed by atoms with E-state index in [2.05, 4.69) is 25.8 Å². The Balaban J connectivity index is 2.35. The van der Waals surface area contributed by atoms with Crippen LogP contribution in [0.5, 0.6) is 0 Å². The lowest BCUT2D eigenvalue weighted by atomic mass is 9.92. The highest BCUT2D eigenvalue weighted by Crippen LogP contribution is 2.20. The molecule has 0 aromatic rings. The molecule has 2 atom stereocenters. The van der Waals surface area contributed by atoms with Gasteiger partial charge in [-0.05, 0) is 25.8 Å². The molecule has 0 radical (unpaired) electrons. The lowest BCUT2D eigenvalue weighted by Gasteiger charge is -2.32. The zero-order valence-electron chi connectivity index (χ0n) is 9.75. The summed E-state index contributed by atoms with van der Waals surface area (Å²) >= 11 is 0. The second-order valence-corrected chi connectivity index (χ2v) is 4.74. The summed E-state index contributed by atoms with van der Waals surface area (Å²) < 4.78 is 0. The predicted octanol–water partition coefficient (Wildman–Crippen LogP) is 2.48. The van der Waals surface area contributed by atoms with Gasteiger partial charge in [0.15, 0.2) is 0 Å². The highest BCUT2D eigenvalue weighted by Gasteiger charge is 2.23. The fraction of sp³-hybridized carbons (Fsp3) is 0.917. The first kappa shape index (κ1) is 11.7. The number of ketones is 1. The summed E-state index contributed by atoms with van der Waals surface area (Å²) in [5, 5.41) is 0. The Hall–Kier alpha value is -0.370. The van der Waals surface area contributed by atoms with Crippen molar-refractivity contribution in [3.05, 3.63) is 0 Å². The van der Waals surface area contributed by atoms with Gasteiger partial charge in [0.25, 0.3) is 0 Å². The van der Waals surface area contributed by atoms with Crippen LogP contribution in [0.3, 0.4) is 0 Å². The van der Waals surface area contributed by atoms with Crippen molar-refractivity contribution in [2.45, 2.75) is 52.0 Å². The molecule has 0 aliphatic heterocycles. The monoisotopic (exact) mass is 197 g/mol. The first-order valence-corrected chi connectivity index (χ1v) is 5.85. The first-order valence-electron chi connectivity index (χ1n) is 5.85. The number of nitrogens with zero attached hydrogens (tertiary/aromatic N) is 1. The van der Waals surface area contributed by atoms with E-state index < -0.39 is 0 Å². The number of rotatable bonds is 4. The number of hydrogen-bond donors (Lipinski definition) is 0. The van der Waals surface area contributed by atoms with Crippen LogP contribution in [-0.4, -0.2) is 30.3 Å². The molecule has 2 unspecified atom stereocenters. The summed E-state index contributed by atoms with van der Waals surface area (Å²) in [6.07, 6.45) is 5.12. The highest BCUT2D eigenvalue weighted by molar-refractivity contribution is 5.79. The highest BCUT2D eigenvalue weighted by atomic mass is 16.1. The molecule has 1 saturated carbocycles. The van der Waals surface area contributed by atoms with Crippen LogP contribution in [0.4, 0.5) is 0 Å². The number of carbonyl (C=O) groups is 1. The minimum atomic E-state index is 0.456. The van der Waals surface area contributed by atoms with Crippen LogP contribution < -0.4 is 0 Å². The molecule has 0 heterocycles.